The fourth-order valence-electron chi connectivity index (χ4n) is 2.63. The number of anilines is 1. The summed E-state index contributed by atoms with van der Waals surface area (Å²) in [5, 5.41) is 2.98. The molecular weight excluding hydrogens is 298 g/mol. The number of carbonyl (C=O) groups is 1. The van der Waals surface area contributed by atoms with E-state index in [4.69, 9.17) is 0 Å². The Hall–Kier alpha value is -2.85. The van der Waals surface area contributed by atoms with E-state index >= 15 is 0 Å². The summed E-state index contributed by atoms with van der Waals surface area (Å²) in [5.74, 6) is -0.106. The van der Waals surface area contributed by atoms with E-state index in [1.807, 2.05) is 85.7 Å². The number of nitrogens with zero attached hydrogens (tertiary/aromatic N) is 2. The second kappa shape index (κ2) is 7.15. The van der Waals surface area contributed by atoms with Gasteiger partial charge in [-0.05, 0) is 62.1 Å². The Morgan fingerprint density at radius 2 is 1.75 bits per heavy atom. The van der Waals surface area contributed by atoms with Gasteiger partial charge in [-0.3, -0.25) is 4.79 Å². The van der Waals surface area contributed by atoms with Gasteiger partial charge in [0.2, 0.25) is 0 Å². The molecule has 0 spiro atoms. The van der Waals surface area contributed by atoms with Crippen LogP contribution in [0.1, 0.15) is 15.9 Å². The lowest BCUT2D eigenvalue weighted by molar-refractivity contribution is 0.102. The van der Waals surface area contributed by atoms with Crippen molar-refractivity contribution >= 4 is 11.6 Å². The molecule has 0 aliphatic heterocycles. The van der Waals surface area contributed by atoms with Crippen LogP contribution in [0.5, 0.6) is 0 Å². The van der Waals surface area contributed by atoms with E-state index in [1.54, 1.807) is 0 Å². The number of hydrogen-bond acceptors (Lipinski definition) is 2. The van der Waals surface area contributed by atoms with E-state index in [2.05, 4.69) is 16.3 Å². The first-order chi connectivity index (χ1) is 11.6. The van der Waals surface area contributed by atoms with Gasteiger partial charge in [0.1, 0.15) is 0 Å². The lowest BCUT2D eigenvalue weighted by Crippen LogP contribution is -2.14. The molecule has 2 aromatic carbocycles. The molecule has 0 saturated carbocycles. The van der Waals surface area contributed by atoms with Gasteiger partial charge in [-0.25, -0.2) is 0 Å². The molecule has 0 saturated heterocycles. The summed E-state index contributed by atoms with van der Waals surface area (Å²) >= 11 is 0. The molecule has 0 radical (unpaired) electrons. The minimum absolute atomic E-state index is 0.106. The lowest BCUT2D eigenvalue weighted by Gasteiger charge is -2.12. The predicted octanol–water partition coefficient (Wildman–Crippen LogP) is 3.79. The van der Waals surface area contributed by atoms with Crippen molar-refractivity contribution in [2.75, 3.05) is 19.4 Å². The summed E-state index contributed by atoms with van der Waals surface area (Å²) in [6, 6.07) is 19.5. The van der Waals surface area contributed by atoms with Crippen molar-refractivity contribution in [2.45, 2.75) is 6.54 Å². The topological polar surface area (TPSA) is 37.3 Å². The van der Waals surface area contributed by atoms with Gasteiger partial charge >= 0.3 is 0 Å². The quantitative estimate of drug-likeness (QED) is 0.777. The van der Waals surface area contributed by atoms with E-state index in [9.17, 15) is 4.79 Å². The van der Waals surface area contributed by atoms with Crippen molar-refractivity contribution in [1.82, 2.24) is 9.47 Å². The molecule has 122 valence electrons. The van der Waals surface area contributed by atoms with Crippen molar-refractivity contribution in [3.05, 3.63) is 84.2 Å². The highest BCUT2D eigenvalue weighted by Gasteiger charge is 2.08. The van der Waals surface area contributed by atoms with Crippen LogP contribution in [0.3, 0.4) is 0 Å². The maximum absolute atomic E-state index is 12.5. The molecular formula is C20H21N3O. The zero-order valence-electron chi connectivity index (χ0n) is 13.9. The molecule has 3 aromatic rings. The van der Waals surface area contributed by atoms with Gasteiger partial charge in [0, 0.05) is 35.9 Å². The Kier molecular flexibility index (Phi) is 4.77. The molecule has 1 aromatic heterocycles. The number of rotatable bonds is 5. The number of carbonyl (C=O) groups excluding carboxylic acids is 1. The average molecular weight is 319 g/mol. The minimum Gasteiger partial charge on any atom is -0.324 e. The van der Waals surface area contributed by atoms with Crippen LogP contribution < -0.4 is 5.32 Å². The number of benzene rings is 2. The molecule has 0 bridgehead atoms. The molecule has 24 heavy (non-hydrogen) atoms. The average Bonchev–Trinajstić information content (AvgIpc) is 3.09. The van der Waals surface area contributed by atoms with E-state index in [0.717, 1.165) is 17.9 Å². The number of hydrogen-bond donors (Lipinski definition) is 1. The van der Waals surface area contributed by atoms with Crippen LogP contribution >= 0.6 is 0 Å². The summed E-state index contributed by atoms with van der Waals surface area (Å²) in [6.45, 7) is 0.840. The number of amides is 1. The first-order valence-electron chi connectivity index (χ1n) is 7.90. The summed E-state index contributed by atoms with van der Waals surface area (Å²) in [5.41, 5.74) is 3.58. The highest BCUT2D eigenvalue weighted by Crippen LogP contribution is 2.15. The van der Waals surface area contributed by atoms with E-state index in [1.165, 1.54) is 5.56 Å². The monoisotopic (exact) mass is 319 g/mol. The Labute approximate surface area is 142 Å². The Morgan fingerprint density at radius 1 is 1.00 bits per heavy atom. The van der Waals surface area contributed by atoms with Gasteiger partial charge in [-0.2, -0.15) is 0 Å². The molecule has 1 N–H and O–H groups in total. The Morgan fingerprint density at radius 3 is 2.50 bits per heavy atom. The van der Waals surface area contributed by atoms with Crippen molar-refractivity contribution < 1.29 is 4.79 Å². The summed E-state index contributed by atoms with van der Waals surface area (Å²) in [6.07, 6.45) is 3.92. The molecule has 4 heteroatoms. The lowest BCUT2D eigenvalue weighted by atomic mass is 10.1. The molecule has 4 nitrogen and oxygen atoms in total. The first kappa shape index (κ1) is 16.0. The van der Waals surface area contributed by atoms with Crippen LogP contribution in [0.2, 0.25) is 0 Å². The van der Waals surface area contributed by atoms with Crippen LogP contribution in [0.4, 0.5) is 5.69 Å². The fraction of sp³-hybridized carbons (Fsp3) is 0.150. The number of aromatic nitrogens is 1. The predicted molar refractivity (Wildman–Crippen MR) is 97.6 cm³/mol. The van der Waals surface area contributed by atoms with Crippen LogP contribution in [0, 0.1) is 0 Å². The van der Waals surface area contributed by atoms with E-state index in [0.29, 0.717) is 5.56 Å². The highest BCUT2D eigenvalue weighted by atomic mass is 16.1. The van der Waals surface area contributed by atoms with Gasteiger partial charge in [0.05, 0.1) is 0 Å². The molecule has 0 aliphatic rings. The van der Waals surface area contributed by atoms with Gasteiger partial charge < -0.3 is 14.8 Å². The second-order valence-corrected chi connectivity index (χ2v) is 6.03. The standard InChI is InChI=1S/C20H21N3O/c1-22(2)15-16-7-5-9-18(13-16)21-20(24)17-8-6-10-19(14-17)23-11-3-4-12-23/h3-14H,15H2,1-2H3,(H,21,24). The zero-order chi connectivity index (χ0) is 16.9. The third kappa shape index (κ3) is 3.91. The first-order valence-corrected chi connectivity index (χ1v) is 7.90. The third-order valence-corrected chi connectivity index (χ3v) is 3.69. The Balaban J connectivity index is 1.77. The van der Waals surface area contributed by atoms with Crippen LogP contribution in [-0.2, 0) is 6.54 Å². The normalized spacial score (nSPS) is 10.8. The molecule has 0 aliphatic carbocycles. The second-order valence-electron chi connectivity index (χ2n) is 6.03. The fourth-order valence-corrected chi connectivity index (χ4v) is 2.63. The van der Waals surface area contributed by atoms with Crippen LogP contribution in [0.15, 0.2) is 73.1 Å². The third-order valence-electron chi connectivity index (χ3n) is 3.69. The zero-order valence-corrected chi connectivity index (χ0v) is 13.9. The molecule has 0 unspecified atom stereocenters. The van der Waals surface area contributed by atoms with Gasteiger partial charge in [0.15, 0.2) is 0 Å². The largest absolute Gasteiger partial charge is 0.324 e. The minimum atomic E-state index is -0.106. The summed E-state index contributed by atoms with van der Waals surface area (Å²) in [7, 11) is 4.05. The van der Waals surface area contributed by atoms with Gasteiger partial charge in [0.25, 0.3) is 5.91 Å². The van der Waals surface area contributed by atoms with Crippen LogP contribution in [-0.4, -0.2) is 29.5 Å². The maximum atomic E-state index is 12.5. The van der Waals surface area contributed by atoms with Gasteiger partial charge in [-0.15, -0.1) is 0 Å². The highest BCUT2D eigenvalue weighted by molar-refractivity contribution is 6.04. The molecule has 0 atom stereocenters. The van der Waals surface area contributed by atoms with Gasteiger partial charge in [-0.1, -0.05) is 18.2 Å². The molecule has 0 fully saturated rings. The number of nitrogens with one attached hydrogen (secondary N) is 1. The smallest absolute Gasteiger partial charge is 0.255 e. The maximum Gasteiger partial charge on any atom is 0.255 e. The van der Waals surface area contributed by atoms with Crippen molar-refractivity contribution in [3.63, 3.8) is 0 Å². The van der Waals surface area contributed by atoms with E-state index < -0.39 is 0 Å². The van der Waals surface area contributed by atoms with Crippen LogP contribution in [0.25, 0.3) is 5.69 Å². The molecule has 1 amide bonds. The van der Waals surface area contributed by atoms with Crippen molar-refractivity contribution in [2.24, 2.45) is 0 Å². The SMILES string of the molecule is CN(C)Cc1cccc(NC(=O)c2cccc(-n3cccc3)c2)c1. The van der Waals surface area contributed by atoms with Crippen molar-refractivity contribution in [1.29, 1.82) is 0 Å². The van der Waals surface area contributed by atoms with E-state index in [-0.39, 0.29) is 5.91 Å². The summed E-state index contributed by atoms with van der Waals surface area (Å²) < 4.78 is 1.98. The molecule has 1 heterocycles. The van der Waals surface area contributed by atoms with Crippen molar-refractivity contribution in [3.8, 4) is 5.69 Å². The molecule has 3 rings (SSSR count). The Bertz CT molecular complexity index is 822. The summed E-state index contributed by atoms with van der Waals surface area (Å²) in [4.78, 5) is 14.6.